The summed E-state index contributed by atoms with van der Waals surface area (Å²) in [4.78, 5) is 11.5. The van der Waals surface area contributed by atoms with Crippen LogP contribution in [0.15, 0.2) is 11.6 Å². The maximum Gasteiger partial charge on any atom is 0.156 e. The summed E-state index contributed by atoms with van der Waals surface area (Å²) in [6.45, 7) is 4.41. The van der Waals surface area contributed by atoms with Gasteiger partial charge >= 0.3 is 0 Å². The Balaban J connectivity index is 2.13. The molecule has 0 aromatic rings. The number of ketones is 1. The van der Waals surface area contributed by atoms with Crippen molar-refractivity contribution in [3.05, 3.63) is 11.6 Å². The van der Waals surface area contributed by atoms with Gasteiger partial charge in [-0.05, 0) is 36.7 Å². The van der Waals surface area contributed by atoms with Crippen molar-refractivity contribution in [3.63, 3.8) is 0 Å². The highest BCUT2D eigenvalue weighted by atomic mass is 16.1. The normalized spacial score (nSPS) is 28.2. The van der Waals surface area contributed by atoms with E-state index in [1.165, 1.54) is 24.8 Å². The van der Waals surface area contributed by atoms with E-state index in [4.69, 9.17) is 0 Å². The number of allylic oxidation sites excluding steroid dienone is 2. The first kappa shape index (κ1) is 8.98. The zero-order valence-corrected chi connectivity index (χ0v) is 8.60. The van der Waals surface area contributed by atoms with E-state index in [1.807, 2.05) is 6.08 Å². The van der Waals surface area contributed by atoms with Gasteiger partial charge in [-0.1, -0.05) is 25.8 Å². The monoisotopic (exact) mass is 178 g/mol. The second kappa shape index (κ2) is 2.97. The van der Waals surface area contributed by atoms with E-state index in [2.05, 4.69) is 13.8 Å². The van der Waals surface area contributed by atoms with Crippen LogP contribution in [0, 0.1) is 11.3 Å². The molecule has 0 bridgehead atoms. The lowest BCUT2D eigenvalue weighted by molar-refractivity contribution is -0.117. The molecule has 1 fully saturated rings. The van der Waals surface area contributed by atoms with Crippen LogP contribution >= 0.6 is 0 Å². The number of hydrogen-bond donors (Lipinski definition) is 0. The highest BCUT2D eigenvalue weighted by molar-refractivity contribution is 5.91. The van der Waals surface area contributed by atoms with Crippen molar-refractivity contribution in [3.8, 4) is 0 Å². The smallest absolute Gasteiger partial charge is 0.156 e. The topological polar surface area (TPSA) is 17.1 Å². The van der Waals surface area contributed by atoms with Gasteiger partial charge < -0.3 is 0 Å². The van der Waals surface area contributed by atoms with E-state index in [0.717, 1.165) is 18.8 Å². The van der Waals surface area contributed by atoms with E-state index in [9.17, 15) is 4.79 Å². The van der Waals surface area contributed by atoms with Crippen molar-refractivity contribution in [1.82, 2.24) is 0 Å². The summed E-state index contributed by atoms with van der Waals surface area (Å²) < 4.78 is 0. The number of hydrogen-bond acceptors (Lipinski definition) is 1. The van der Waals surface area contributed by atoms with Gasteiger partial charge in [-0.25, -0.2) is 0 Å². The third kappa shape index (κ3) is 1.84. The molecule has 0 aromatic carbocycles. The first-order chi connectivity index (χ1) is 6.07. The van der Waals surface area contributed by atoms with Gasteiger partial charge in [-0.3, -0.25) is 4.79 Å². The summed E-state index contributed by atoms with van der Waals surface area (Å²) in [5, 5.41) is 0. The summed E-state index contributed by atoms with van der Waals surface area (Å²) in [5.41, 5.74) is 1.66. The van der Waals surface area contributed by atoms with Crippen LogP contribution in [0.2, 0.25) is 0 Å². The summed E-state index contributed by atoms with van der Waals surface area (Å²) in [7, 11) is 0. The van der Waals surface area contributed by atoms with Crippen LogP contribution < -0.4 is 0 Å². The molecule has 1 nitrogen and oxygen atoms in total. The molecule has 0 N–H and O–H groups in total. The molecule has 13 heavy (non-hydrogen) atoms. The van der Waals surface area contributed by atoms with Crippen molar-refractivity contribution in [1.29, 1.82) is 0 Å². The van der Waals surface area contributed by atoms with Crippen LogP contribution in [0.3, 0.4) is 0 Å². The largest absolute Gasteiger partial charge is 0.295 e. The van der Waals surface area contributed by atoms with Gasteiger partial charge in [-0.2, -0.15) is 0 Å². The van der Waals surface area contributed by atoms with Crippen LogP contribution in [-0.2, 0) is 4.79 Å². The van der Waals surface area contributed by atoms with E-state index in [1.54, 1.807) is 0 Å². The molecule has 0 radical (unpaired) electrons. The van der Waals surface area contributed by atoms with E-state index in [-0.39, 0.29) is 5.41 Å². The van der Waals surface area contributed by atoms with Crippen molar-refractivity contribution in [2.24, 2.45) is 11.3 Å². The van der Waals surface area contributed by atoms with Crippen LogP contribution in [0.4, 0.5) is 0 Å². The Kier molecular flexibility index (Phi) is 2.05. The third-order valence-corrected chi connectivity index (χ3v) is 3.31. The first-order valence-corrected chi connectivity index (χ1v) is 5.30. The van der Waals surface area contributed by atoms with E-state index >= 15 is 0 Å². The van der Waals surface area contributed by atoms with Crippen molar-refractivity contribution in [2.75, 3.05) is 0 Å². The van der Waals surface area contributed by atoms with Crippen LogP contribution in [0.1, 0.15) is 46.0 Å². The molecule has 1 heteroatoms. The standard InChI is InChI=1S/C12H18O/c1-12(2)7-10(6-11(13)8-12)9-4-3-5-9/h6,9H,3-5,7-8H2,1-2H3. The maximum absolute atomic E-state index is 11.5. The fraction of sp³-hybridized carbons (Fsp3) is 0.750. The van der Waals surface area contributed by atoms with Crippen molar-refractivity contribution >= 4 is 5.78 Å². The lowest BCUT2D eigenvalue weighted by Gasteiger charge is -2.36. The van der Waals surface area contributed by atoms with Gasteiger partial charge in [0, 0.05) is 6.42 Å². The van der Waals surface area contributed by atoms with E-state index in [0.29, 0.717) is 5.78 Å². The molecule has 2 rings (SSSR count). The van der Waals surface area contributed by atoms with Crippen LogP contribution in [0.5, 0.6) is 0 Å². The Morgan fingerprint density at radius 2 is 2.00 bits per heavy atom. The fourth-order valence-corrected chi connectivity index (χ4v) is 2.44. The Labute approximate surface area is 80.2 Å². The third-order valence-electron chi connectivity index (χ3n) is 3.31. The molecule has 0 aliphatic heterocycles. The van der Waals surface area contributed by atoms with E-state index < -0.39 is 0 Å². The summed E-state index contributed by atoms with van der Waals surface area (Å²) in [6, 6.07) is 0. The molecule has 0 aromatic heterocycles. The number of rotatable bonds is 1. The molecule has 0 spiro atoms. The highest BCUT2D eigenvalue weighted by Gasteiger charge is 2.32. The van der Waals surface area contributed by atoms with Crippen LogP contribution in [-0.4, -0.2) is 5.78 Å². The van der Waals surface area contributed by atoms with Gasteiger partial charge in [0.15, 0.2) is 5.78 Å². The Hall–Kier alpha value is -0.590. The Morgan fingerprint density at radius 1 is 1.31 bits per heavy atom. The quantitative estimate of drug-likeness (QED) is 0.603. The molecule has 1 saturated carbocycles. The molecule has 2 aliphatic rings. The minimum atomic E-state index is 0.219. The second-order valence-electron chi connectivity index (χ2n) is 5.33. The van der Waals surface area contributed by atoms with Gasteiger partial charge in [-0.15, -0.1) is 0 Å². The molecule has 0 unspecified atom stereocenters. The van der Waals surface area contributed by atoms with Gasteiger partial charge in [0.2, 0.25) is 0 Å². The summed E-state index contributed by atoms with van der Waals surface area (Å²) in [5.74, 6) is 1.10. The SMILES string of the molecule is CC1(C)CC(=O)C=C(C2CCC2)C1. The Morgan fingerprint density at radius 3 is 2.46 bits per heavy atom. The lowest BCUT2D eigenvalue weighted by Crippen LogP contribution is -2.26. The molecule has 0 saturated heterocycles. The molecule has 72 valence electrons. The van der Waals surface area contributed by atoms with Crippen molar-refractivity contribution in [2.45, 2.75) is 46.0 Å². The second-order valence-corrected chi connectivity index (χ2v) is 5.33. The average Bonchev–Trinajstić information content (AvgIpc) is 1.75. The fourth-order valence-electron chi connectivity index (χ4n) is 2.44. The predicted molar refractivity (Wildman–Crippen MR) is 53.4 cm³/mol. The zero-order chi connectivity index (χ0) is 9.47. The lowest BCUT2D eigenvalue weighted by atomic mass is 9.69. The van der Waals surface area contributed by atoms with Gasteiger partial charge in [0.05, 0.1) is 0 Å². The summed E-state index contributed by atoms with van der Waals surface area (Å²) >= 11 is 0. The predicted octanol–water partition coefficient (Wildman–Crippen LogP) is 3.10. The zero-order valence-electron chi connectivity index (χ0n) is 8.60. The van der Waals surface area contributed by atoms with Crippen LogP contribution in [0.25, 0.3) is 0 Å². The molecule has 0 atom stereocenters. The maximum atomic E-state index is 11.5. The molecular weight excluding hydrogens is 160 g/mol. The molecular formula is C12H18O. The Bertz CT molecular complexity index is 256. The highest BCUT2D eigenvalue weighted by Crippen LogP contribution is 2.42. The van der Waals surface area contributed by atoms with Gasteiger partial charge in [0.25, 0.3) is 0 Å². The minimum Gasteiger partial charge on any atom is -0.295 e. The first-order valence-electron chi connectivity index (χ1n) is 5.30. The number of carbonyl (C=O) groups excluding carboxylic acids is 1. The van der Waals surface area contributed by atoms with Crippen molar-refractivity contribution < 1.29 is 4.79 Å². The summed E-state index contributed by atoms with van der Waals surface area (Å²) in [6.07, 6.45) is 7.79. The molecule has 0 amide bonds. The van der Waals surface area contributed by atoms with Gasteiger partial charge in [0.1, 0.15) is 0 Å². The minimum absolute atomic E-state index is 0.219. The number of carbonyl (C=O) groups is 1. The molecule has 0 heterocycles. The average molecular weight is 178 g/mol. The molecule has 2 aliphatic carbocycles.